The fraction of sp³-hybridized carbons (Fsp3) is 0.143. The van der Waals surface area contributed by atoms with Gasteiger partial charge in [-0.1, -0.05) is 24.8 Å². The maximum atomic E-state index is 5.77. The molecule has 1 aromatic carbocycles. The quantitative estimate of drug-likeness (QED) is 0.859. The minimum absolute atomic E-state index is 0.462. The summed E-state index contributed by atoms with van der Waals surface area (Å²) in [6, 6.07) is 7.58. The fourth-order valence-corrected chi connectivity index (χ4v) is 1.69. The van der Waals surface area contributed by atoms with Gasteiger partial charge >= 0.3 is 0 Å². The van der Waals surface area contributed by atoms with Crippen LogP contribution in [0.4, 0.5) is 5.82 Å². The van der Waals surface area contributed by atoms with E-state index in [1.807, 2.05) is 24.3 Å². The van der Waals surface area contributed by atoms with E-state index >= 15 is 0 Å². The molecule has 0 saturated carbocycles. The molecule has 0 aliphatic rings. The third-order valence-electron chi connectivity index (χ3n) is 2.64. The molecule has 0 atom stereocenters. The van der Waals surface area contributed by atoms with Gasteiger partial charge in [-0.3, -0.25) is 0 Å². The molecule has 0 radical (unpaired) electrons. The molecule has 5 nitrogen and oxygen atoms in total. The molecule has 1 heterocycles. The van der Waals surface area contributed by atoms with Crippen molar-refractivity contribution in [2.75, 3.05) is 12.4 Å². The minimum Gasteiger partial charge on any atom is -0.438 e. The van der Waals surface area contributed by atoms with Gasteiger partial charge in [-0.2, -0.15) is 0 Å². The van der Waals surface area contributed by atoms with Crippen LogP contribution in [0.5, 0.6) is 11.6 Å². The Bertz CT molecular complexity index is 583. The summed E-state index contributed by atoms with van der Waals surface area (Å²) in [6.45, 7) is 4.22. The summed E-state index contributed by atoms with van der Waals surface area (Å²) >= 11 is 0. The van der Waals surface area contributed by atoms with Crippen molar-refractivity contribution in [3.63, 3.8) is 0 Å². The highest BCUT2D eigenvalue weighted by atomic mass is 16.5. The molecule has 0 amide bonds. The lowest BCUT2D eigenvalue weighted by molar-refractivity contribution is 0.460. The summed E-state index contributed by atoms with van der Waals surface area (Å²) in [5.74, 6) is 1.82. The molecule has 0 aliphatic carbocycles. The molecule has 98 valence electrons. The molecule has 5 heteroatoms. The summed E-state index contributed by atoms with van der Waals surface area (Å²) in [4.78, 5) is 8.24. The summed E-state index contributed by atoms with van der Waals surface area (Å²) in [5.41, 5.74) is 7.33. The van der Waals surface area contributed by atoms with E-state index < -0.39 is 0 Å². The first-order valence-corrected chi connectivity index (χ1v) is 5.90. The van der Waals surface area contributed by atoms with E-state index in [9.17, 15) is 0 Å². The average Bonchev–Trinajstić information content (AvgIpc) is 2.47. The Kier molecular flexibility index (Phi) is 4.10. The van der Waals surface area contributed by atoms with Gasteiger partial charge in [0.25, 0.3) is 0 Å². The molecule has 3 N–H and O–H groups in total. The zero-order chi connectivity index (χ0) is 13.7. The maximum Gasteiger partial charge on any atom is 0.231 e. The van der Waals surface area contributed by atoms with Crippen LogP contribution in [-0.4, -0.2) is 17.0 Å². The number of nitrogens with two attached hydrogens (primary N) is 1. The van der Waals surface area contributed by atoms with Gasteiger partial charge in [-0.15, -0.1) is 0 Å². The molecule has 19 heavy (non-hydrogen) atoms. The fourth-order valence-electron chi connectivity index (χ4n) is 1.69. The standard InChI is InChI=1S/C14H16N4O/c1-3-12-13(16-2)17-9-18-14(12)19-11-6-4-5-10(7-11)8-15/h3-7,9H,1,8,15H2,2H3,(H,16,17,18). The molecule has 0 bridgehead atoms. The van der Waals surface area contributed by atoms with Crippen molar-refractivity contribution in [1.29, 1.82) is 0 Å². The summed E-state index contributed by atoms with van der Waals surface area (Å²) in [5, 5.41) is 2.97. The second-order valence-corrected chi connectivity index (χ2v) is 3.85. The lowest BCUT2D eigenvalue weighted by Gasteiger charge is -2.11. The van der Waals surface area contributed by atoms with E-state index in [1.165, 1.54) is 6.33 Å². The zero-order valence-corrected chi connectivity index (χ0v) is 10.8. The van der Waals surface area contributed by atoms with Gasteiger partial charge in [0.15, 0.2) is 0 Å². The van der Waals surface area contributed by atoms with Crippen LogP contribution in [0.3, 0.4) is 0 Å². The van der Waals surface area contributed by atoms with Crippen LogP contribution >= 0.6 is 0 Å². The van der Waals surface area contributed by atoms with Crippen molar-refractivity contribution in [3.05, 3.63) is 48.3 Å². The zero-order valence-electron chi connectivity index (χ0n) is 10.8. The molecule has 1 aromatic heterocycles. The number of aromatic nitrogens is 2. The Labute approximate surface area is 112 Å². The number of ether oxygens (including phenoxy) is 1. The Hall–Kier alpha value is -2.40. The Balaban J connectivity index is 2.34. The van der Waals surface area contributed by atoms with Gasteiger partial charge in [0, 0.05) is 13.6 Å². The van der Waals surface area contributed by atoms with E-state index in [-0.39, 0.29) is 0 Å². The second-order valence-electron chi connectivity index (χ2n) is 3.85. The van der Waals surface area contributed by atoms with Gasteiger partial charge in [-0.05, 0) is 17.7 Å². The molecule has 2 rings (SSSR count). The van der Waals surface area contributed by atoms with E-state index in [0.717, 1.165) is 11.1 Å². The van der Waals surface area contributed by atoms with Crippen LogP contribution in [0.15, 0.2) is 37.2 Å². The van der Waals surface area contributed by atoms with Crippen LogP contribution in [0, 0.1) is 0 Å². The molecular weight excluding hydrogens is 240 g/mol. The van der Waals surface area contributed by atoms with Gasteiger partial charge < -0.3 is 15.8 Å². The van der Waals surface area contributed by atoms with Crippen molar-refractivity contribution in [1.82, 2.24) is 9.97 Å². The summed E-state index contributed by atoms with van der Waals surface area (Å²) < 4.78 is 5.77. The lowest BCUT2D eigenvalue weighted by atomic mass is 10.2. The van der Waals surface area contributed by atoms with Crippen molar-refractivity contribution < 1.29 is 4.74 Å². The van der Waals surface area contributed by atoms with Crippen molar-refractivity contribution in [3.8, 4) is 11.6 Å². The molecule has 0 saturated heterocycles. The minimum atomic E-state index is 0.462. The van der Waals surface area contributed by atoms with Crippen LogP contribution in [0.2, 0.25) is 0 Å². The van der Waals surface area contributed by atoms with Crippen molar-refractivity contribution in [2.24, 2.45) is 5.73 Å². The number of rotatable bonds is 5. The summed E-state index contributed by atoms with van der Waals surface area (Å²) in [6.07, 6.45) is 3.11. The number of hydrogen-bond acceptors (Lipinski definition) is 5. The maximum absolute atomic E-state index is 5.77. The van der Waals surface area contributed by atoms with Gasteiger partial charge in [-0.25, -0.2) is 9.97 Å². The van der Waals surface area contributed by atoms with Gasteiger partial charge in [0.05, 0.1) is 5.56 Å². The summed E-state index contributed by atoms with van der Waals surface area (Å²) in [7, 11) is 1.79. The second kappa shape index (κ2) is 5.97. The number of benzene rings is 1. The first-order valence-electron chi connectivity index (χ1n) is 5.90. The molecule has 0 unspecified atom stereocenters. The Morgan fingerprint density at radius 3 is 2.95 bits per heavy atom. The topological polar surface area (TPSA) is 73.1 Å². The third kappa shape index (κ3) is 2.89. The van der Waals surface area contributed by atoms with Crippen LogP contribution in [-0.2, 0) is 6.54 Å². The predicted octanol–water partition coefficient (Wildman–Crippen LogP) is 2.41. The highest BCUT2D eigenvalue weighted by molar-refractivity contribution is 5.66. The Morgan fingerprint density at radius 2 is 2.26 bits per heavy atom. The number of nitrogens with zero attached hydrogens (tertiary/aromatic N) is 2. The smallest absolute Gasteiger partial charge is 0.231 e. The van der Waals surface area contributed by atoms with Gasteiger partial charge in [0.2, 0.25) is 5.88 Å². The number of nitrogens with one attached hydrogen (secondary N) is 1. The number of hydrogen-bond donors (Lipinski definition) is 2. The molecule has 0 fully saturated rings. The molecular formula is C14H16N4O. The Morgan fingerprint density at radius 1 is 1.42 bits per heavy atom. The third-order valence-corrected chi connectivity index (χ3v) is 2.64. The molecule has 2 aromatic rings. The highest BCUT2D eigenvalue weighted by Gasteiger charge is 2.09. The van der Waals surface area contributed by atoms with E-state index in [0.29, 0.717) is 24.0 Å². The van der Waals surface area contributed by atoms with Crippen molar-refractivity contribution >= 4 is 11.9 Å². The lowest BCUT2D eigenvalue weighted by Crippen LogP contribution is -2.00. The van der Waals surface area contributed by atoms with E-state index in [4.69, 9.17) is 10.5 Å². The first kappa shape index (κ1) is 13.0. The van der Waals surface area contributed by atoms with E-state index in [1.54, 1.807) is 13.1 Å². The SMILES string of the molecule is C=Cc1c(NC)ncnc1Oc1cccc(CN)c1. The van der Waals surface area contributed by atoms with Crippen LogP contribution in [0.1, 0.15) is 11.1 Å². The predicted molar refractivity (Wildman–Crippen MR) is 76.1 cm³/mol. The largest absolute Gasteiger partial charge is 0.438 e. The van der Waals surface area contributed by atoms with Gasteiger partial charge in [0.1, 0.15) is 17.9 Å². The van der Waals surface area contributed by atoms with E-state index in [2.05, 4.69) is 21.9 Å². The van der Waals surface area contributed by atoms with Crippen LogP contribution < -0.4 is 15.8 Å². The normalized spacial score (nSPS) is 10.0. The van der Waals surface area contributed by atoms with Crippen molar-refractivity contribution in [2.45, 2.75) is 6.54 Å². The molecule has 0 aliphatic heterocycles. The monoisotopic (exact) mass is 256 g/mol. The van der Waals surface area contributed by atoms with Crippen LogP contribution in [0.25, 0.3) is 6.08 Å². The highest BCUT2D eigenvalue weighted by Crippen LogP contribution is 2.27. The molecule has 0 spiro atoms. The number of anilines is 1. The average molecular weight is 256 g/mol. The first-order chi connectivity index (χ1) is 9.28.